The van der Waals surface area contributed by atoms with Gasteiger partial charge in [0.15, 0.2) is 0 Å². The van der Waals surface area contributed by atoms with Crippen molar-refractivity contribution in [2.75, 3.05) is 13.1 Å². The quantitative estimate of drug-likeness (QED) is 0.438. The molecule has 188 valence electrons. The molecule has 11 nitrogen and oxygen atoms in total. The largest absolute Gasteiger partial charge is 0.547 e. The van der Waals surface area contributed by atoms with Crippen LogP contribution in [-0.4, -0.2) is 75.0 Å². The van der Waals surface area contributed by atoms with Crippen LogP contribution in [0.5, 0.6) is 11.5 Å². The summed E-state index contributed by atoms with van der Waals surface area (Å²) in [5.41, 5.74) is -0.692. The van der Waals surface area contributed by atoms with Crippen LogP contribution in [-0.2, 0) is 16.0 Å². The first-order valence-corrected chi connectivity index (χ1v) is 10.8. The second kappa shape index (κ2) is 9.45. The van der Waals surface area contributed by atoms with Gasteiger partial charge in [-0.25, -0.2) is 18.4 Å². The zero-order valence-electron chi connectivity index (χ0n) is 18.8. The summed E-state index contributed by atoms with van der Waals surface area (Å²) in [4.78, 5) is 51.0. The number of urea groups is 1. The van der Waals surface area contributed by atoms with Crippen molar-refractivity contribution >= 4 is 30.9 Å². The average Bonchev–Trinajstić information content (AvgIpc) is 3.17. The van der Waals surface area contributed by atoms with Crippen LogP contribution in [0.4, 0.5) is 13.6 Å². The summed E-state index contributed by atoms with van der Waals surface area (Å²) in [7, 11) is -1.72. The number of carbonyl (C=O) groups excluding carboxylic acids is 3. The molecule has 4 amide bonds. The molecule has 1 fully saturated rings. The van der Waals surface area contributed by atoms with Crippen molar-refractivity contribution in [2.24, 2.45) is 0 Å². The Morgan fingerprint density at radius 2 is 1.86 bits per heavy atom. The third-order valence-electron chi connectivity index (χ3n) is 6.00. The lowest BCUT2D eigenvalue weighted by molar-refractivity contribution is -0.127. The number of carboxylic acid groups (broad SMARTS) is 1. The molecule has 1 saturated heterocycles. The number of benzene rings is 2. The fourth-order valence-electron chi connectivity index (χ4n) is 4.32. The smallest absolute Gasteiger partial charge is 0.534 e. The normalized spacial score (nSPS) is 17.9. The summed E-state index contributed by atoms with van der Waals surface area (Å²) < 4.78 is 34.9. The number of carboxylic acids is 1. The fourth-order valence-corrected chi connectivity index (χ4v) is 4.32. The summed E-state index contributed by atoms with van der Waals surface area (Å²) in [6.07, 6.45) is -0.0931. The first-order chi connectivity index (χ1) is 17.0. The average molecular weight is 503 g/mol. The Kier molecular flexibility index (Phi) is 6.54. The number of nitrogens with zero attached hydrogens (tertiary/aromatic N) is 2. The molecule has 2 atom stereocenters. The van der Waals surface area contributed by atoms with Crippen molar-refractivity contribution in [1.82, 2.24) is 15.1 Å². The molecular weight excluding hydrogens is 483 g/mol. The minimum absolute atomic E-state index is 0.0815. The standard InChI is InChI=1S/C22H20BF2N3O8/c1-10(29)27-5-6-28(22(27)34)18(17-14(24)8-12(30)9-15(17)25)20(31)26-16-7-11-3-2-4-13(21(32)33)19(11)36-23(16)35/h2-4,8-9,16,18,30,35H,5-7H2,1H3,(H,26,31)(H,32,33)/t16-,18+/m0/s1. The second-order valence-corrected chi connectivity index (χ2v) is 8.30. The van der Waals surface area contributed by atoms with Crippen LogP contribution < -0.4 is 9.97 Å². The number of aromatic carboxylic acids is 1. The summed E-state index contributed by atoms with van der Waals surface area (Å²) >= 11 is 0. The Labute approximate surface area is 203 Å². The minimum Gasteiger partial charge on any atom is -0.534 e. The molecule has 2 heterocycles. The Balaban J connectivity index is 1.68. The number of halogens is 2. The minimum atomic E-state index is -1.90. The number of amides is 4. The molecule has 0 aliphatic carbocycles. The molecule has 2 aromatic carbocycles. The van der Waals surface area contributed by atoms with Gasteiger partial charge < -0.3 is 30.1 Å². The van der Waals surface area contributed by atoms with Crippen LogP contribution in [0.15, 0.2) is 30.3 Å². The van der Waals surface area contributed by atoms with Crippen molar-refractivity contribution in [2.45, 2.75) is 25.3 Å². The SMILES string of the molecule is CC(=O)N1CCN([C@@H](C(=O)N[C@H]2Cc3cccc(C(=O)O)c3OB2O)c2c(F)cc(O)cc2F)C1=O. The Bertz CT molecular complexity index is 1250. The van der Waals surface area contributed by atoms with Crippen LogP contribution in [0.2, 0.25) is 0 Å². The number of aromatic hydroxyl groups is 1. The van der Waals surface area contributed by atoms with E-state index >= 15 is 0 Å². The molecule has 0 aromatic heterocycles. The zero-order valence-corrected chi connectivity index (χ0v) is 18.8. The van der Waals surface area contributed by atoms with E-state index < -0.39 is 65.9 Å². The molecule has 2 aromatic rings. The summed E-state index contributed by atoms with van der Waals surface area (Å²) in [5.74, 6) is -7.63. The summed E-state index contributed by atoms with van der Waals surface area (Å²) in [6, 6.07) is 2.55. The molecular formula is C22H20BF2N3O8. The number of hydrogen-bond donors (Lipinski definition) is 4. The molecule has 0 radical (unpaired) electrons. The van der Waals surface area contributed by atoms with Gasteiger partial charge in [-0.2, -0.15) is 0 Å². The second-order valence-electron chi connectivity index (χ2n) is 8.30. The lowest BCUT2D eigenvalue weighted by atomic mass is 9.72. The number of carbonyl (C=O) groups is 4. The number of para-hydroxylation sites is 1. The van der Waals surface area contributed by atoms with Gasteiger partial charge in [0.1, 0.15) is 29.2 Å². The number of phenolic OH excluding ortho intramolecular Hbond substituents is 1. The van der Waals surface area contributed by atoms with Gasteiger partial charge in [0, 0.05) is 32.1 Å². The fraction of sp³-hybridized carbons (Fsp3) is 0.273. The van der Waals surface area contributed by atoms with E-state index in [1.807, 2.05) is 0 Å². The maximum atomic E-state index is 14.8. The first kappa shape index (κ1) is 24.9. The Hall–Kier alpha value is -4.20. The van der Waals surface area contributed by atoms with Crippen LogP contribution in [0, 0.1) is 11.6 Å². The first-order valence-electron chi connectivity index (χ1n) is 10.8. The highest BCUT2D eigenvalue weighted by Crippen LogP contribution is 2.34. The predicted octanol–water partition coefficient (Wildman–Crippen LogP) is 0.833. The number of rotatable bonds is 5. The van der Waals surface area contributed by atoms with E-state index in [-0.39, 0.29) is 30.8 Å². The topological polar surface area (TPSA) is 157 Å². The van der Waals surface area contributed by atoms with Crippen LogP contribution in [0.25, 0.3) is 0 Å². The number of imide groups is 1. The lowest BCUT2D eigenvalue weighted by Gasteiger charge is -2.32. The van der Waals surface area contributed by atoms with Gasteiger partial charge in [-0.15, -0.1) is 0 Å². The number of phenols is 1. The van der Waals surface area contributed by atoms with Crippen molar-refractivity contribution in [3.63, 3.8) is 0 Å². The maximum Gasteiger partial charge on any atom is 0.547 e. The van der Waals surface area contributed by atoms with Crippen LogP contribution >= 0.6 is 0 Å². The highest BCUT2D eigenvalue weighted by atomic mass is 19.1. The third kappa shape index (κ3) is 4.42. The van der Waals surface area contributed by atoms with E-state index in [2.05, 4.69) is 5.32 Å². The van der Waals surface area contributed by atoms with E-state index in [4.69, 9.17) is 4.65 Å². The van der Waals surface area contributed by atoms with Gasteiger partial charge in [-0.05, 0) is 18.1 Å². The van der Waals surface area contributed by atoms with Gasteiger partial charge in [0.25, 0.3) is 0 Å². The van der Waals surface area contributed by atoms with Gasteiger partial charge in [0.05, 0.1) is 17.1 Å². The molecule has 0 saturated carbocycles. The number of fused-ring (bicyclic) bond motifs is 1. The molecule has 2 aliphatic heterocycles. The molecule has 0 spiro atoms. The molecule has 4 rings (SSSR count). The Morgan fingerprint density at radius 1 is 1.19 bits per heavy atom. The highest BCUT2D eigenvalue weighted by molar-refractivity contribution is 6.47. The Morgan fingerprint density at radius 3 is 2.44 bits per heavy atom. The maximum absolute atomic E-state index is 14.8. The van der Waals surface area contributed by atoms with Crippen molar-refractivity contribution in [1.29, 1.82) is 0 Å². The molecule has 0 bridgehead atoms. The third-order valence-corrected chi connectivity index (χ3v) is 6.00. The molecule has 36 heavy (non-hydrogen) atoms. The van der Waals surface area contributed by atoms with E-state index in [0.29, 0.717) is 17.7 Å². The predicted molar refractivity (Wildman–Crippen MR) is 118 cm³/mol. The molecule has 14 heteroatoms. The van der Waals surface area contributed by atoms with Gasteiger partial charge in [-0.1, -0.05) is 12.1 Å². The summed E-state index contributed by atoms with van der Waals surface area (Å²) in [6.45, 7) is 0.779. The van der Waals surface area contributed by atoms with E-state index in [9.17, 15) is 43.2 Å². The summed E-state index contributed by atoms with van der Waals surface area (Å²) in [5, 5.41) is 31.7. The number of hydrogen-bond acceptors (Lipinski definition) is 7. The molecule has 4 N–H and O–H groups in total. The van der Waals surface area contributed by atoms with Gasteiger partial charge in [0.2, 0.25) is 11.8 Å². The zero-order chi connectivity index (χ0) is 26.3. The monoisotopic (exact) mass is 503 g/mol. The van der Waals surface area contributed by atoms with E-state index in [1.165, 1.54) is 18.2 Å². The molecule has 2 aliphatic rings. The van der Waals surface area contributed by atoms with Crippen molar-refractivity contribution in [3.8, 4) is 11.5 Å². The van der Waals surface area contributed by atoms with Crippen LogP contribution in [0.3, 0.4) is 0 Å². The van der Waals surface area contributed by atoms with Crippen LogP contribution in [0.1, 0.15) is 34.5 Å². The van der Waals surface area contributed by atoms with Gasteiger partial charge in [-0.3, -0.25) is 14.5 Å². The van der Waals surface area contributed by atoms with E-state index in [1.54, 1.807) is 0 Å². The number of nitrogens with one attached hydrogen (secondary N) is 1. The highest BCUT2D eigenvalue weighted by Gasteiger charge is 2.45. The van der Waals surface area contributed by atoms with E-state index in [0.717, 1.165) is 16.7 Å². The lowest BCUT2D eigenvalue weighted by Crippen LogP contribution is -2.56. The molecule has 0 unspecified atom stereocenters. The van der Waals surface area contributed by atoms with Crippen molar-refractivity contribution in [3.05, 3.63) is 58.7 Å². The van der Waals surface area contributed by atoms with Crippen molar-refractivity contribution < 1.29 is 47.9 Å². The van der Waals surface area contributed by atoms with Gasteiger partial charge >= 0.3 is 19.1 Å².